The van der Waals surface area contributed by atoms with Crippen molar-refractivity contribution in [3.05, 3.63) is 35.9 Å². The van der Waals surface area contributed by atoms with E-state index in [9.17, 15) is 9.18 Å². The summed E-state index contributed by atoms with van der Waals surface area (Å²) in [5, 5.41) is 10.2. The molecule has 0 bridgehead atoms. The van der Waals surface area contributed by atoms with E-state index in [0.717, 1.165) is 4.68 Å². The lowest BCUT2D eigenvalue weighted by atomic mass is 10.3. The summed E-state index contributed by atoms with van der Waals surface area (Å²) in [7, 11) is 0. The second-order valence-electron chi connectivity index (χ2n) is 2.52. The van der Waals surface area contributed by atoms with Crippen molar-refractivity contribution >= 4 is 6.29 Å². The molecule has 14 heavy (non-hydrogen) atoms. The van der Waals surface area contributed by atoms with E-state index in [-0.39, 0.29) is 11.5 Å². The van der Waals surface area contributed by atoms with Crippen LogP contribution in [0.5, 0.6) is 0 Å². The number of rotatable bonds is 2. The van der Waals surface area contributed by atoms with Crippen LogP contribution in [0.4, 0.5) is 4.39 Å². The Labute approximate surface area is 78.2 Å². The topological polar surface area (TPSA) is 60.7 Å². The third kappa shape index (κ3) is 1.26. The highest BCUT2D eigenvalue weighted by Gasteiger charge is 2.09. The van der Waals surface area contributed by atoms with Gasteiger partial charge in [0.1, 0.15) is 11.5 Å². The summed E-state index contributed by atoms with van der Waals surface area (Å²) in [5.41, 5.74) is 0.152. The van der Waals surface area contributed by atoms with Gasteiger partial charge in [-0.1, -0.05) is 12.1 Å². The number of carbonyl (C=O) groups is 1. The van der Waals surface area contributed by atoms with Crippen LogP contribution < -0.4 is 0 Å². The smallest absolute Gasteiger partial charge is 0.219 e. The van der Waals surface area contributed by atoms with Gasteiger partial charge in [-0.2, -0.15) is 4.68 Å². The molecule has 0 aliphatic heterocycles. The van der Waals surface area contributed by atoms with Gasteiger partial charge in [0.15, 0.2) is 6.29 Å². The van der Waals surface area contributed by atoms with E-state index in [1.807, 2.05) is 0 Å². The second kappa shape index (κ2) is 3.33. The Bertz CT molecular complexity index is 468. The van der Waals surface area contributed by atoms with E-state index >= 15 is 0 Å². The minimum atomic E-state index is -0.483. The first kappa shape index (κ1) is 8.49. The Morgan fingerprint density at radius 3 is 2.86 bits per heavy atom. The number of carbonyl (C=O) groups excluding carboxylic acids is 1. The normalized spacial score (nSPS) is 10.1. The summed E-state index contributed by atoms with van der Waals surface area (Å²) in [6.07, 6.45) is 0.465. The van der Waals surface area contributed by atoms with E-state index in [1.54, 1.807) is 12.1 Å². The van der Waals surface area contributed by atoms with Crippen LogP contribution in [0, 0.1) is 5.82 Å². The van der Waals surface area contributed by atoms with Crippen molar-refractivity contribution in [1.29, 1.82) is 0 Å². The van der Waals surface area contributed by atoms with E-state index < -0.39 is 5.82 Å². The molecule has 1 aromatic heterocycles. The van der Waals surface area contributed by atoms with Gasteiger partial charge in [-0.15, -0.1) is 5.10 Å². The molecule has 0 radical (unpaired) electrons. The second-order valence-corrected chi connectivity index (χ2v) is 2.52. The number of hydrogen-bond donors (Lipinski definition) is 0. The molecule has 0 fully saturated rings. The fourth-order valence-electron chi connectivity index (χ4n) is 1.06. The average Bonchev–Trinajstić information content (AvgIpc) is 2.66. The number of aromatic nitrogens is 4. The van der Waals surface area contributed by atoms with Gasteiger partial charge >= 0.3 is 0 Å². The predicted molar refractivity (Wildman–Crippen MR) is 44.5 cm³/mol. The molecule has 1 heterocycles. The first-order valence-corrected chi connectivity index (χ1v) is 3.81. The van der Waals surface area contributed by atoms with Gasteiger partial charge < -0.3 is 0 Å². The maximum absolute atomic E-state index is 13.2. The SMILES string of the molecule is O=Cc1nnnn1-c1ccccc1F. The van der Waals surface area contributed by atoms with Gasteiger partial charge in [-0.3, -0.25) is 4.79 Å². The summed E-state index contributed by atoms with van der Waals surface area (Å²) in [4.78, 5) is 10.5. The lowest BCUT2D eigenvalue weighted by molar-refractivity contribution is 0.111. The van der Waals surface area contributed by atoms with Gasteiger partial charge in [0.05, 0.1) is 0 Å². The van der Waals surface area contributed by atoms with E-state index in [4.69, 9.17) is 0 Å². The minimum Gasteiger partial charge on any atom is -0.294 e. The molecule has 0 saturated heterocycles. The molecule has 0 saturated carbocycles. The molecule has 1 aromatic carbocycles. The Morgan fingerprint density at radius 2 is 2.14 bits per heavy atom. The number of para-hydroxylation sites is 1. The van der Waals surface area contributed by atoms with Crippen molar-refractivity contribution in [2.24, 2.45) is 0 Å². The highest BCUT2D eigenvalue weighted by Crippen LogP contribution is 2.11. The first-order valence-electron chi connectivity index (χ1n) is 3.81. The fourth-order valence-corrected chi connectivity index (χ4v) is 1.06. The molecule has 6 heteroatoms. The first-order chi connectivity index (χ1) is 6.83. The predicted octanol–water partition coefficient (Wildman–Crippen LogP) is 0.614. The Hall–Kier alpha value is -2.11. The number of aldehydes is 1. The van der Waals surface area contributed by atoms with Gasteiger partial charge in [0.2, 0.25) is 5.82 Å². The van der Waals surface area contributed by atoms with Crippen molar-refractivity contribution in [3.8, 4) is 5.69 Å². The van der Waals surface area contributed by atoms with Crippen molar-refractivity contribution < 1.29 is 9.18 Å². The third-order valence-corrected chi connectivity index (χ3v) is 1.68. The van der Waals surface area contributed by atoms with Crippen LogP contribution >= 0.6 is 0 Å². The zero-order valence-electron chi connectivity index (χ0n) is 6.96. The monoisotopic (exact) mass is 192 g/mol. The van der Waals surface area contributed by atoms with Gasteiger partial charge in [0, 0.05) is 0 Å². The van der Waals surface area contributed by atoms with Crippen molar-refractivity contribution in [2.75, 3.05) is 0 Å². The summed E-state index contributed by atoms with van der Waals surface area (Å²) in [5.74, 6) is -0.516. The zero-order chi connectivity index (χ0) is 9.97. The number of benzene rings is 1. The molecule has 2 rings (SSSR count). The molecular weight excluding hydrogens is 187 g/mol. The molecule has 0 N–H and O–H groups in total. The van der Waals surface area contributed by atoms with E-state index in [1.165, 1.54) is 12.1 Å². The third-order valence-electron chi connectivity index (χ3n) is 1.68. The number of hydrogen-bond acceptors (Lipinski definition) is 4. The molecule has 5 nitrogen and oxygen atoms in total. The van der Waals surface area contributed by atoms with Gasteiger partial charge in [-0.05, 0) is 22.6 Å². The highest BCUT2D eigenvalue weighted by molar-refractivity contribution is 5.69. The van der Waals surface area contributed by atoms with Gasteiger partial charge in [-0.25, -0.2) is 4.39 Å². The van der Waals surface area contributed by atoms with Crippen LogP contribution in [-0.2, 0) is 0 Å². The molecule has 0 atom stereocenters. The van der Waals surface area contributed by atoms with Crippen molar-refractivity contribution in [3.63, 3.8) is 0 Å². The minimum absolute atomic E-state index is 0.0323. The lowest BCUT2D eigenvalue weighted by Gasteiger charge is -2.00. The van der Waals surface area contributed by atoms with Crippen LogP contribution in [0.25, 0.3) is 5.69 Å². The molecule has 2 aromatic rings. The van der Waals surface area contributed by atoms with Crippen molar-refractivity contribution in [1.82, 2.24) is 20.2 Å². The fraction of sp³-hybridized carbons (Fsp3) is 0. The average molecular weight is 192 g/mol. The number of nitrogens with zero attached hydrogens (tertiary/aromatic N) is 4. The molecule has 0 unspecified atom stereocenters. The molecule has 0 amide bonds. The van der Waals surface area contributed by atoms with Gasteiger partial charge in [0.25, 0.3) is 0 Å². The summed E-state index contributed by atoms with van der Waals surface area (Å²) < 4.78 is 14.3. The van der Waals surface area contributed by atoms with E-state index in [0.29, 0.717) is 6.29 Å². The summed E-state index contributed by atoms with van der Waals surface area (Å²) in [6.45, 7) is 0. The Balaban J connectivity index is 2.60. The number of tetrazole rings is 1. The summed E-state index contributed by atoms with van der Waals surface area (Å²) in [6, 6.07) is 5.93. The maximum atomic E-state index is 13.2. The van der Waals surface area contributed by atoms with Crippen LogP contribution in [0.1, 0.15) is 10.6 Å². The molecule has 0 spiro atoms. The van der Waals surface area contributed by atoms with Crippen LogP contribution in [0.3, 0.4) is 0 Å². The standard InChI is InChI=1S/C8H5FN4O/c9-6-3-1-2-4-7(6)13-8(5-14)10-11-12-13/h1-5H. The largest absolute Gasteiger partial charge is 0.294 e. The molecular formula is C8H5FN4O. The maximum Gasteiger partial charge on any atom is 0.219 e. The zero-order valence-corrected chi connectivity index (χ0v) is 6.96. The molecule has 0 aliphatic rings. The van der Waals surface area contributed by atoms with E-state index in [2.05, 4.69) is 15.5 Å². The van der Waals surface area contributed by atoms with Crippen molar-refractivity contribution in [2.45, 2.75) is 0 Å². The Kier molecular flexibility index (Phi) is 2.02. The van der Waals surface area contributed by atoms with Crippen LogP contribution in [0.15, 0.2) is 24.3 Å². The lowest BCUT2D eigenvalue weighted by Crippen LogP contribution is -2.04. The van der Waals surface area contributed by atoms with Crippen LogP contribution in [-0.4, -0.2) is 26.5 Å². The Morgan fingerprint density at radius 1 is 1.36 bits per heavy atom. The quantitative estimate of drug-likeness (QED) is 0.654. The van der Waals surface area contributed by atoms with Crippen LogP contribution in [0.2, 0.25) is 0 Å². The molecule has 0 aliphatic carbocycles. The summed E-state index contributed by atoms with van der Waals surface area (Å²) >= 11 is 0. The number of halogens is 1. The molecule has 70 valence electrons. The highest BCUT2D eigenvalue weighted by atomic mass is 19.1.